The highest BCUT2D eigenvalue weighted by Crippen LogP contribution is 2.26. The van der Waals surface area contributed by atoms with E-state index in [0.29, 0.717) is 11.4 Å². The van der Waals surface area contributed by atoms with Gasteiger partial charge in [0.1, 0.15) is 0 Å². The Morgan fingerprint density at radius 2 is 2.00 bits per heavy atom. The Bertz CT molecular complexity index is 581. The van der Waals surface area contributed by atoms with Gasteiger partial charge in [0.2, 0.25) is 5.88 Å². The minimum absolute atomic E-state index is 0.0829. The Hall–Kier alpha value is -2.63. The Kier molecular flexibility index (Phi) is 3.09. The van der Waals surface area contributed by atoms with E-state index in [1.165, 1.54) is 12.1 Å². The summed E-state index contributed by atoms with van der Waals surface area (Å²) >= 11 is 0. The van der Waals surface area contributed by atoms with E-state index in [2.05, 4.69) is 10.2 Å². The summed E-state index contributed by atoms with van der Waals surface area (Å²) in [6, 6.07) is 8.37. The van der Waals surface area contributed by atoms with Gasteiger partial charge in [-0.3, -0.25) is 4.79 Å². The number of nitrogens with two attached hydrogens (primary N) is 2. The van der Waals surface area contributed by atoms with Crippen LogP contribution in [0.5, 0.6) is 11.6 Å². The third-order valence-corrected chi connectivity index (χ3v) is 2.28. The predicted molar refractivity (Wildman–Crippen MR) is 66.2 cm³/mol. The highest BCUT2D eigenvalue weighted by Gasteiger charge is 2.06. The second-order valence-electron chi connectivity index (χ2n) is 3.76. The van der Waals surface area contributed by atoms with Crippen molar-refractivity contribution in [1.29, 1.82) is 0 Å². The second kappa shape index (κ2) is 4.70. The van der Waals surface area contributed by atoms with Gasteiger partial charge in [0.05, 0.1) is 5.69 Å². The molecule has 0 fully saturated rings. The van der Waals surface area contributed by atoms with E-state index in [-0.39, 0.29) is 11.6 Å². The fourth-order valence-corrected chi connectivity index (χ4v) is 1.35. The summed E-state index contributed by atoms with van der Waals surface area (Å²) < 4.78 is 5.47. The molecular weight excluding hydrogens is 232 g/mol. The summed E-state index contributed by atoms with van der Waals surface area (Å²) in [5, 5.41) is 7.37. The average molecular weight is 244 g/mol. The van der Waals surface area contributed by atoms with Gasteiger partial charge in [-0.2, -0.15) is 0 Å². The molecule has 1 aromatic carbocycles. The zero-order chi connectivity index (χ0) is 13.1. The molecule has 18 heavy (non-hydrogen) atoms. The van der Waals surface area contributed by atoms with E-state index in [1.54, 1.807) is 12.1 Å². The van der Waals surface area contributed by atoms with Gasteiger partial charge in [0.25, 0.3) is 5.91 Å². The van der Waals surface area contributed by atoms with Gasteiger partial charge in [-0.25, -0.2) is 0 Å². The normalized spacial score (nSPS) is 10.1. The van der Waals surface area contributed by atoms with Crippen molar-refractivity contribution in [3.05, 3.63) is 41.6 Å². The molecule has 1 heterocycles. The van der Waals surface area contributed by atoms with E-state index in [4.69, 9.17) is 16.2 Å². The third-order valence-electron chi connectivity index (χ3n) is 2.28. The number of benzene rings is 1. The SMILES string of the molecule is Cc1ccc(N)c(Oc2ccc(C(N)=O)nn2)c1. The molecule has 1 amide bonds. The summed E-state index contributed by atoms with van der Waals surface area (Å²) in [6.07, 6.45) is 0. The predicted octanol–water partition coefficient (Wildman–Crippen LogP) is 1.26. The standard InChI is InChI=1S/C12H12N4O2/c1-7-2-3-8(13)10(6-7)18-11-5-4-9(12(14)17)15-16-11/h2-6H,13H2,1H3,(H2,14,17). The van der Waals surface area contributed by atoms with Crippen molar-refractivity contribution in [2.24, 2.45) is 5.73 Å². The lowest BCUT2D eigenvalue weighted by Crippen LogP contribution is -2.13. The number of amides is 1. The lowest BCUT2D eigenvalue weighted by atomic mass is 10.2. The lowest BCUT2D eigenvalue weighted by molar-refractivity contribution is 0.0994. The van der Waals surface area contributed by atoms with Crippen LogP contribution in [-0.2, 0) is 0 Å². The van der Waals surface area contributed by atoms with Crippen LogP contribution in [0.2, 0.25) is 0 Å². The maximum Gasteiger partial charge on any atom is 0.269 e. The van der Waals surface area contributed by atoms with Crippen LogP contribution in [0.4, 0.5) is 5.69 Å². The maximum atomic E-state index is 10.8. The Morgan fingerprint density at radius 1 is 1.22 bits per heavy atom. The summed E-state index contributed by atoms with van der Waals surface area (Å²) in [5.41, 5.74) is 12.4. The number of hydrogen-bond donors (Lipinski definition) is 2. The molecule has 0 aliphatic heterocycles. The number of hydrogen-bond acceptors (Lipinski definition) is 5. The van der Waals surface area contributed by atoms with Crippen LogP contribution < -0.4 is 16.2 Å². The van der Waals surface area contributed by atoms with Crippen molar-refractivity contribution in [3.63, 3.8) is 0 Å². The van der Waals surface area contributed by atoms with Gasteiger partial charge in [-0.05, 0) is 30.7 Å². The largest absolute Gasteiger partial charge is 0.435 e. The Balaban J connectivity index is 2.23. The summed E-state index contributed by atoms with van der Waals surface area (Å²) in [4.78, 5) is 10.8. The number of aryl methyl sites for hydroxylation is 1. The zero-order valence-electron chi connectivity index (χ0n) is 9.75. The molecule has 0 bridgehead atoms. The third kappa shape index (κ3) is 2.54. The minimum Gasteiger partial charge on any atom is -0.435 e. The Labute approximate surface area is 104 Å². The molecule has 2 rings (SSSR count). The molecule has 6 nitrogen and oxygen atoms in total. The van der Waals surface area contributed by atoms with Crippen molar-refractivity contribution in [3.8, 4) is 11.6 Å². The van der Waals surface area contributed by atoms with Crippen molar-refractivity contribution in [2.75, 3.05) is 5.73 Å². The van der Waals surface area contributed by atoms with Gasteiger partial charge in [-0.15, -0.1) is 10.2 Å². The fourth-order valence-electron chi connectivity index (χ4n) is 1.35. The van der Waals surface area contributed by atoms with Crippen molar-refractivity contribution in [2.45, 2.75) is 6.92 Å². The second-order valence-corrected chi connectivity index (χ2v) is 3.76. The highest BCUT2D eigenvalue weighted by molar-refractivity contribution is 5.90. The molecule has 0 spiro atoms. The number of carbonyl (C=O) groups excluding carboxylic acids is 1. The van der Waals surface area contributed by atoms with Gasteiger partial charge in [0, 0.05) is 6.07 Å². The molecule has 0 atom stereocenters. The van der Waals surface area contributed by atoms with Crippen LogP contribution in [0.25, 0.3) is 0 Å². The maximum absolute atomic E-state index is 10.8. The van der Waals surface area contributed by atoms with Crippen molar-refractivity contribution in [1.82, 2.24) is 10.2 Å². The van der Waals surface area contributed by atoms with E-state index in [0.717, 1.165) is 5.56 Å². The summed E-state index contributed by atoms with van der Waals surface area (Å²) in [5.74, 6) is 0.109. The van der Waals surface area contributed by atoms with Crippen LogP contribution in [0, 0.1) is 6.92 Å². The highest BCUT2D eigenvalue weighted by atomic mass is 16.5. The molecule has 4 N–H and O–H groups in total. The topological polar surface area (TPSA) is 104 Å². The van der Waals surface area contributed by atoms with E-state index >= 15 is 0 Å². The van der Waals surface area contributed by atoms with Crippen molar-refractivity contribution >= 4 is 11.6 Å². The average Bonchev–Trinajstić information content (AvgIpc) is 2.34. The molecule has 2 aromatic rings. The number of ether oxygens (including phenoxy) is 1. The van der Waals surface area contributed by atoms with Gasteiger partial charge in [0.15, 0.2) is 11.4 Å². The Morgan fingerprint density at radius 3 is 2.61 bits per heavy atom. The lowest BCUT2D eigenvalue weighted by Gasteiger charge is -2.07. The molecule has 0 unspecified atom stereocenters. The van der Waals surface area contributed by atoms with Crippen LogP contribution in [-0.4, -0.2) is 16.1 Å². The van der Waals surface area contributed by atoms with Gasteiger partial charge < -0.3 is 16.2 Å². The molecule has 92 valence electrons. The zero-order valence-corrected chi connectivity index (χ0v) is 9.75. The first-order chi connectivity index (χ1) is 8.56. The summed E-state index contributed by atoms with van der Waals surface area (Å²) in [7, 11) is 0. The number of aromatic nitrogens is 2. The summed E-state index contributed by atoms with van der Waals surface area (Å²) in [6.45, 7) is 1.92. The fraction of sp³-hybridized carbons (Fsp3) is 0.0833. The monoisotopic (exact) mass is 244 g/mol. The van der Waals surface area contributed by atoms with Crippen LogP contribution in [0.3, 0.4) is 0 Å². The first-order valence-electron chi connectivity index (χ1n) is 5.24. The van der Waals surface area contributed by atoms with Crippen LogP contribution in [0.15, 0.2) is 30.3 Å². The van der Waals surface area contributed by atoms with Crippen LogP contribution in [0.1, 0.15) is 16.1 Å². The van der Waals surface area contributed by atoms with E-state index < -0.39 is 5.91 Å². The molecule has 0 aliphatic rings. The van der Waals surface area contributed by atoms with Crippen LogP contribution >= 0.6 is 0 Å². The smallest absolute Gasteiger partial charge is 0.269 e. The molecule has 0 radical (unpaired) electrons. The molecule has 0 saturated heterocycles. The first-order valence-corrected chi connectivity index (χ1v) is 5.24. The molecular formula is C12H12N4O2. The molecule has 6 heteroatoms. The first kappa shape index (κ1) is 11.8. The molecule has 0 aliphatic carbocycles. The number of rotatable bonds is 3. The number of primary amides is 1. The van der Waals surface area contributed by atoms with Gasteiger partial charge in [-0.1, -0.05) is 6.07 Å². The molecule has 0 saturated carbocycles. The number of nitrogen functional groups attached to an aromatic ring is 1. The quantitative estimate of drug-likeness (QED) is 0.791. The number of nitrogens with zero attached hydrogens (tertiary/aromatic N) is 2. The van der Waals surface area contributed by atoms with Crippen molar-refractivity contribution < 1.29 is 9.53 Å². The molecule has 1 aromatic heterocycles. The van der Waals surface area contributed by atoms with Gasteiger partial charge >= 0.3 is 0 Å². The van der Waals surface area contributed by atoms with E-state index in [9.17, 15) is 4.79 Å². The minimum atomic E-state index is -0.635. The number of anilines is 1. The number of carbonyl (C=O) groups is 1. The van der Waals surface area contributed by atoms with E-state index in [1.807, 2.05) is 13.0 Å².